The van der Waals surface area contributed by atoms with Gasteiger partial charge in [-0.15, -0.1) is 0 Å². The average molecular weight is 483 g/mol. The van der Waals surface area contributed by atoms with Gasteiger partial charge in [0.1, 0.15) is 17.0 Å². The van der Waals surface area contributed by atoms with Crippen molar-refractivity contribution >= 4 is 11.7 Å². The van der Waals surface area contributed by atoms with Crippen molar-refractivity contribution in [2.75, 3.05) is 13.1 Å². The van der Waals surface area contributed by atoms with Gasteiger partial charge in [0.05, 0.1) is 17.7 Å². The van der Waals surface area contributed by atoms with Gasteiger partial charge in [-0.25, -0.2) is 0 Å². The van der Waals surface area contributed by atoms with E-state index in [0.29, 0.717) is 48.4 Å². The molecule has 1 aromatic heterocycles. The summed E-state index contributed by atoms with van der Waals surface area (Å²) in [4.78, 5) is 27.7. The molecule has 1 N–H and O–H groups in total. The van der Waals surface area contributed by atoms with E-state index < -0.39 is 17.5 Å². The van der Waals surface area contributed by atoms with Crippen molar-refractivity contribution in [1.82, 2.24) is 15.1 Å². The van der Waals surface area contributed by atoms with Crippen molar-refractivity contribution in [3.63, 3.8) is 0 Å². The quantitative estimate of drug-likeness (QED) is 0.533. The molecule has 0 atom stereocenters. The van der Waals surface area contributed by atoms with Gasteiger partial charge < -0.3 is 9.64 Å². The third-order valence-corrected chi connectivity index (χ3v) is 6.96. The minimum absolute atomic E-state index is 0.0547. The van der Waals surface area contributed by atoms with E-state index in [0.717, 1.165) is 17.2 Å². The van der Waals surface area contributed by atoms with Crippen LogP contribution in [0.1, 0.15) is 56.8 Å². The van der Waals surface area contributed by atoms with Crippen LogP contribution in [0.15, 0.2) is 42.5 Å². The van der Waals surface area contributed by atoms with Gasteiger partial charge >= 0.3 is 6.18 Å². The average Bonchev–Trinajstić information content (AvgIpc) is 3.32. The van der Waals surface area contributed by atoms with Crippen LogP contribution in [0, 0.1) is 13.8 Å². The number of carbonyl (C=O) groups excluding carboxylic acids is 2. The molecule has 0 unspecified atom stereocenters. The molecule has 2 aliphatic heterocycles. The van der Waals surface area contributed by atoms with Crippen molar-refractivity contribution in [3.05, 3.63) is 70.4 Å². The lowest BCUT2D eigenvalue weighted by Gasteiger charge is -2.44. The number of nitrogens with zero attached hydrogens (tertiary/aromatic N) is 2. The zero-order valence-electron chi connectivity index (χ0n) is 19.3. The summed E-state index contributed by atoms with van der Waals surface area (Å²) in [6.45, 7) is 4.77. The van der Waals surface area contributed by atoms with Crippen LogP contribution in [-0.4, -0.2) is 45.5 Å². The van der Waals surface area contributed by atoms with E-state index in [-0.39, 0.29) is 23.8 Å². The zero-order valence-corrected chi connectivity index (χ0v) is 19.3. The standard InChI is InChI=1S/C26H24F3N3O3/c1-15-10-19-21(33)14-25(35-22(19)11-16(15)2)6-8-32(9-7-25)24(34)18-5-3-4-17(12-18)20-13-23(31-30-20)26(27,28)29/h3-5,10-13H,6-9,14H2,1-2H3,(H,30,31). The Morgan fingerprint density at radius 1 is 1.09 bits per heavy atom. The highest BCUT2D eigenvalue weighted by Gasteiger charge is 2.44. The number of amides is 1. The molecule has 0 bridgehead atoms. The van der Waals surface area contributed by atoms with Crippen LogP contribution in [0.25, 0.3) is 11.3 Å². The number of fused-ring (bicyclic) bond motifs is 1. The summed E-state index contributed by atoms with van der Waals surface area (Å²) in [6, 6.07) is 11.1. The molecule has 1 spiro atoms. The summed E-state index contributed by atoms with van der Waals surface area (Å²) in [5.41, 5.74) is 2.03. The number of rotatable bonds is 2. The maximum atomic E-state index is 13.2. The van der Waals surface area contributed by atoms with Crippen LogP contribution >= 0.6 is 0 Å². The fraction of sp³-hybridized carbons (Fsp3) is 0.346. The zero-order chi connectivity index (χ0) is 25.0. The molecule has 6 nitrogen and oxygen atoms in total. The van der Waals surface area contributed by atoms with Gasteiger partial charge in [0.15, 0.2) is 5.78 Å². The number of hydrogen-bond acceptors (Lipinski definition) is 4. The van der Waals surface area contributed by atoms with E-state index in [2.05, 4.69) is 5.10 Å². The second-order valence-corrected chi connectivity index (χ2v) is 9.36. The summed E-state index contributed by atoms with van der Waals surface area (Å²) in [7, 11) is 0. The van der Waals surface area contributed by atoms with E-state index in [9.17, 15) is 22.8 Å². The highest BCUT2D eigenvalue weighted by Crippen LogP contribution is 2.40. The molecule has 182 valence electrons. The minimum Gasteiger partial charge on any atom is -0.486 e. The Balaban J connectivity index is 1.30. The van der Waals surface area contributed by atoms with Gasteiger partial charge in [-0.05, 0) is 55.3 Å². The van der Waals surface area contributed by atoms with Crippen LogP contribution < -0.4 is 4.74 Å². The first-order valence-electron chi connectivity index (χ1n) is 11.4. The largest absolute Gasteiger partial charge is 0.486 e. The number of aryl methyl sites for hydroxylation is 2. The summed E-state index contributed by atoms with van der Waals surface area (Å²) in [5.74, 6) is 0.440. The Labute approximate surface area is 200 Å². The molecule has 1 fully saturated rings. The van der Waals surface area contributed by atoms with Crippen LogP contribution in [0.3, 0.4) is 0 Å². The number of likely N-dealkylation sites (tertiary alicyclic amines) is 1. The van der Waals surface area contributed by atoms with Gasteiger partial charge in [-0.3, -0.25) is 14.7 Å². The van der Waals surface area contributed by atoms with Gasteiger partial charge in [0.2, 0.25) is 0 Å². The molecule has 9 heteroatoms. The lowest BCUT2D eigenvalue weighted by molar-refractivity contribution is -0.141. The van der Waals surface area contributed by atoms with Crippen molar-refractivity contribution < 1.29 is 27.5 Å². The Morgan fingerprint density at radius 2 is 1.80 bits per heavy atom. The number of hydrogen-bond donors (Lipinski definition) is 1. The summed E-state index contributed by atoms with van der Waals surface area (Å²) >= 11 is 0. The van der Waals surface area contributed by atoms with E-state index in [1.165, 1.54) is 0 Å². The number of alkyl halides is 3. The molecule has 5 rings (SSSR count). The highest BCUT2D eigenvalue weighted by atomic mass is 19.4. The van der Waals surface area contributed by atoms with Crippen molar-refractivity contribution in [1.29, 1.82) is 0 Å². The maximum absolute atomic E-state index is 13.2. The lowest BCUT2D eigenvalue weighted by Crippen LogP contribution is -2.52. The molecule has 0 radical (unpaired) electrons. The van der Waals surface area contributed by atoms with Crippen molar-refractivity contribution in [3.8, 4) is 17.0 Å². The summed E-state index contributed by atoms with van der Waals surface area (Å²) < 4.78 is 45.0. The molecular formula is C26H24F3N3O3. The Hall–Kier alpha value is -3.62. The number of ether oxygens (including phenoxy) is 1. The van der Waals surface area contributed by atoms with Crippen molar-refractivity contribution in [2.24, 2.45) is 0 Å². The molecule has 3 heterocycles. The molecule has 1 saturated heterocycles. The molecule has 3 aromatic rings. The van der Waals surface area contributed by atoms with E-state index >= 15 is 0 Å². The third kappa shape index (κ3) is 4.31. The third-order valence-electron chi connectivity index (χ3n) is 6.96. The maximum Gasteiger partial charge on any atom is 0.432 e. The molecule has 1 amide bonds. The molecule has 35 heavy (non-hydrogen) atoms. The molecule has 0 saturated carbocycles. The molecule has 0 aliphatic carbocycles. The second kappa shape index (κ2) is 8.25. The van der Waals surface area contributed by atoms with Gasteiger partial charge in [0.25, 0.3) is 5.91 Å². The number of aromatic amines is 1. The molecule has 2 aromatic carbocycles. The van der Waals surface area contributed by atoms with E-state index in [4.69, 9.17) is 4.74 Å². The van der Waals surface area contributed by atoms with Crippen LogP contribution in [0.5, 0.6) is 5.75 Å². The number of halogens is 3. The van der Waals surface area contributed by atoms with E-state index in [1.807, 2.05) is 31.1 Å². The van der Waals surface area contributed by atoms with Crippen LogP contribution in [0.4, 0.5) is 13.2 Å². The number of aromatic nitrogens is 2. The first-order chi connectivity index (χ1) is 16.5. The molecule has 2 aliphatic rings. The molecular weight excluding hydrogens is 459 g/mol. The monoisotopic (exact) mass is 483 g/mol. The number of ketones is 1. The number of nitrogens with one attached hydrogen (secondary N) is 1. The highest BCUT2D eigenvalue weighted by molar-refractivity contribution is 6.01. The van der Waals surface area contributed by atoms with Gasteiger partial charge in [-0.2, -0.15) is 18.3 Å². The fourth-order valence-electron chi connectivity index (χ4n) is 4.75. The summed E-state index contributed by atoms with van der Waals surface area (Å²) in [6.07, 6.45) is -3.21. The van der Waals surface area contributed by atoms with Gasteiger partial charge in [-0.1, -0.05) is 12.1 Å². The first kappa shape index (κ1) is 23.1. The van der Waals surface area contributed by atoms with Crippen LogP contribution in [-0.2, 0) is 6.18 Å². The number of carbonyl (C=O) groups is 2. The minimum atomic E-state index is -4.52. The first-order valence-corrected chi connectivity index (χ1v) is 11.4. The number of benzene rings is 2. The fourth-order valence-corrected chi connectivity index (χ4v) is 4.75. The Bertz CT molecular complexity index is 1320. The second-order valence-electron chi connectivity index (χ2n) is 9.36. The van der Waals surface area contributed by atoms with Gasteiger partial charge in [0, 0.05) is 37.1 Å². The van der Waals surface area contributed by atoms with Crippen LogP contribution in [0.2, 0.25) is 0 Å². The number of H-pyrrole nitrogens is 1. The predicted octanol–water partition coefficient (Wildman–Crippen LogP) is 5.35. The number of piperidine rings is 1. The smallest absolute Gasteiger partial charge is 0.432 e. The Kier molecular flexibility index (Phi) is 5.45. The topological polar surface area (TPSA) is 75.3 Å². The van der Waals surface area contributed by atoms with E-state index in [1.54, 1.807) is 29.2 Å². The SMILES string of the molecule is Cc1cc2c(cc1C)C(=O)CC1(CCN(C(=O)c3cccc(-c4cc(C(F)(F)F)[nH]n4)c3)CC1)O2. The summed E-state index contributed by atoms with van der Waals surface area (Å²) in [5, 5.41) is 5.74. The Morgan fingerprint density at radius 3 is 2.49 bits per heavy atom. The van der Waals surface area contributed by atoms with Crippen molar-refractivity contribution in [2.45, 2.75) is 44.9 Å². The normalized spacial score (nSPS) is 17.3. The number of Topliss-reactive ketones (excluding diaryl/α,β-unsaturated/α-hetero) is 1. The lowest BCUT2D eigenvalue weighted by atomic mass is 9.81. The predicted molar refractivity (Wildman–Crippen MR) is 122 cm³/mol.